The van der Waals surface area contributed by atoms with E-state index in [1.807, 2.05) is 0 Å². The summed E-state index contributed by atoms with van der Waals surface area (Å²) < 4.78 is 4.66. The molecule has 3 heterocycles. The van der Waals surface area contributed by atoms with Crippen LogP contribution in [-0.4, -0.2) is 30.3 Å². The predicted molar refractivity (Wildman–Crippen MR) is 58.9 cm³/mol. The molecular formula is C10H8N6O. The Kier molecular flexibility index (Phi) is 2.14. The lowest BCUT2D eigenvalue weighted by Crippen LogP contribution is -1.92. The summed E-state index contributed by atoms with van der Waals surface area (Å²) >= 11 is 0. The van der Waals surface area contributed by atoms with Gasteiger partial charge in [0.25, 0.3) is 0 Å². The molecule has 0 fully saturated rings. The van der Waals surface area contributed by atoms with E-state index in [4.69, 9.17) is 0 Å². The fourth-order valence-electron chi connectivity index (χ4n) is 1.46. The number of aromatic amines is 1. The summed E-state index contributed by atoms with van der Waals surface area (Å²) in [6, 6.07) is 0. The van der Waals surface area contributed by atoms with E-state index in [9.17, 15) is 0 Å². The van der Waals surface area contributed by atoms with E-state index < -0.39 is 0 Å². The quantitative estimate of drug-likeness (QED) is 0.675. The Balaban J connectivity index is 2.09. The lowest BCUT2D eigenvalue weighted by atomic mass is 10.4. The van der Waals surface area contributed by atoms with Crippen LogP contribution < -0.4 is 0 Å². The molecule has 17 heavy (non-hydrogen) atoms. The van der Waals surface area contributed by atoms with Crippen LogP contribution in [0.2, 0.25) is 0 Å². The van der Waals surface area contributed by atoms with Crippen LogP contribution in [0, 0.1) is 0 Å². The number of nitrogens with zero attached hydrogens (tertiary/aromatic N) is 5. The van der Waals surface area contributed by atoms with Gasteiger partial charge in [-0.3, -0.25) is 0 Å². The van der Waals surface area contributed by atoms with Crippen molar-refractivity contribution in [1.29, 1.82) is 0 Å². The van der Waals surface area contributed by atoms with E-state index in [2.05, 4.69) is 41.4 Å². The van der Waals surface area contributed by atoms with Crippen LogP contribution in [0.15, 0.2) is 29.6 Å². The highest BCUT2D eigenvalue weighted by atomic mass is 16.5. The lowest BCUT2D eigenvalue weighted by Gasteiger charge is -1.92. The molecule has 0 unspecified atom stereocenters. The lowest BCUT2D eigenvalue weighted by molar-refractivity contribution is 0.393. The van der Waals surface area contributed by atoms with Gasteiger partial charge in [0.15, 0.2) is 23.4 Å². The van der Waals surface area contributed by atoms with Crippen molar-refractivity contribution in [1.82, 2.24) is 30.3 Å². The molecule has 0 aliphatic rings. The maximum absolute atomic E-state index is 4.66. The second-order valence-electron chi connectivity index (χ2n) is 3.39. The third-order valence-electron chi connectivity index (χ3n) is 2.22. The van der Waals surface area contributed by atoms with Gasteiger partial charge in [0.2, 0.25) is 0 Å². The molecule has 0 radical (unpaired) electrons. The number of rotatable bonds is 3. The van der Waals surface area contributed by atoms with Gasteiger partial charge >= 0.3 is 0 Å². The number of imidazole rings is 1. The van der Waals surface area contributed by atoms with Crippen LogP contribution in [0.25, 0.3) is 22.7 Å². The number of fused-ring (bicyclic) bond motifs is 1. The molecule has 7 nitrogen and oxygen atoms in total. The van der Waals surface area contributed by atoms with Gasteiger partial charge in [-0.25, -0.2) is 15.0 Å². The maximum Gasteiger partial charge on any atom is 0.181 e. The Hall–Kier alpha value is -2.57. The molecule has 0 aromatic carbocycles. The average molecular weight is 228 g/mol. The number of allylic oxidation sites excluding steroid dienone is 1. The Morgan fingerprint density at radius 2 is 2.35 bits per heavy atom. The van der Waals surface area contributed by atoms with Gasteiger partial charge in [0, 0.05) is 11.7 Å². The van der Waals surface area contributed by atoms with Gasteiger partial charge in [0.1, 0.15) is 11.3 Å². The zero-order valence-corrected chi connectivity index (χ0v) is 8.79. The zero-order chi connectivity index (χ0) is 11.7. The van der Waals surface area contributed by atoms with Crippen molar-refractivity contribution in [2.45, 2.75) is 6.42 Å². The van der Waals surface area contributed by atoms with E-state index in [0.29, 0.717) is 29.4 Å². The number of H-pyrrole nitrogens is 1. The summed E-state index contributed by atoms with van der Waals surface area (Å²) in [4.78, 5) is 15.8. The minimum absolute atomic E-state index is 0.535. The molecule has 3 aromatic rings. The minimum atomic E-state index is 0.535. The molecule has 3 aromatic heterocycles. The number of aromatic nitrogens is 6. The van der Waals surface area contributed by atoms with Crippen LogP contribution in [-0.2, 0) is 6.42 Å². The Bertz CT molecular complexity index is 657. The van der Waals surface area contributed by atoms with Gasteiger partial charge in [-0.1, -0.05) is 6.08 Å². The van der Waals surface area contributed by atoms with E-state index >= 15 is 0 Å². The largest absolute Gasteiger partial charge is 0.345 e. The topological polar surface area (TPSA) is 93.4 Å². The summed E-state index contributed by atoms with van der Waals surface area (Å²) in [5, 5.41) is 7.15. The van der Waals surface area contributed by atoms with Crippen molar-refractivity contribution in [3.63, 3.8) is 0 Å². The summed E-state index contributed by atoms with van der Waals surface area (Å²) in [5.74, 6) is 1.25. The van der Waals surface area contributed by atoms with Gasteiger partial charge < -0.3 is 9.51 Å². The summed E-state index contributed by atoms with van der Waals surface area (Å²) in [6.07, 6.45) is 5.46. The SMILES string of the molecule is C=CCc1ncc2[nH]c(-c3conn3)nc2n1. The highest BCUT2D eigenvalue weighted by molar-refractivity contribution is 5.73. The predicted octanol–water partition coefficient (Wildman–Crippen LogP) is 1.13. The first-order valence-electron chi connectivity index (χ1n) is 4.97. The molecule has 0 saturated heterocycles. The van der Waals surface area contributed by atoms with Crippen molar-refractivity contribution >= 4 is 11.2 Å². The number of hydrogen-bond donors (Lipinski definition) is 1. The fraction of sp³-hybridized carbons (Fsp3) is 0.100. The van der Waals surface area contributed by atoms with Crippen LogP contribution in [0.5, 0.6) is 0 Å². The minimum Gasteiger partial charge on any atom is -0.345 e. The van der Waals surface area contributed by atoms with Gasteiger partial charge in [0.05, 0.1) is 6.20 Å². The van der Waals surface area contributed by atoms with Crippen LogP contribution in [0.4, 0.5) is 0 Å². The first-order valence-corrected chi connectivity index (χ1v) is 4.97. The molecule has 0 atom stereocenters. The second-order valence-corrected chi connectivity index (χ2v) is 3.39. The summed E-state index contributed by atoms with van der Waals surface area (Å²) in [7, 11) is 0. The third kappa shape index (κ3) is 1.67. The maximum atomic E-state index is 4.66. The molecule has 0 aliphatic heterocycles. The van der Waals surface area contributed by atoms with E-state index in [1.165, 1.54) is 6.26 Å². The third-order valence-corrected chi connectivity index (χ3v) is 2.22. The van der Waals surface area contributed by atoms with Crippen LogP contribution in [0.3, 0.4) is 0 Å². The molecule has 0 aliphatic carbocycles. The molecule has 84 valence electrons. The van der Waals surface area contributed by atoms with E-state index in [-0.39, 0.29) is 0 Å². The number of nitrogens with one attached hydrogen (secondary N) is 1. The molecule has 7 heteroatoms. The smallest absolute Gasteiger partial charge is 0.181 e. The Labute approximate surface area is 95.6 Å². The number of hydrogen-bond acceptors (Lipinski definition) is 6. The van der Waals surface area contributed by atoms with E-state index in [1.54, 1.807) is 12.3 Å². The van der Waals surface area contributed by atoms with Crippen molar-refractivity contribution in [3.8, 4) is 11.5 Å². The van der Waals surface area contributed by atoms with Crippen molar-refractivity contribution in [2.24, 2.45) is 0 Å². The first-order chi connectivity index (χ1) is 8.36. The molecule has 0 bridgehead atoms. The van der Waals surface area contributed by atoms with Gasteiger partial charge in [-0.2, -0.15) is 0 Å². The zero-order valence-electron chi connectivity index (χ0n) is 8.79. The average Bonchev–Trinajstić information content (AvgIpc) is 2.97. The molecular weight excluding hydrogens is 220 g/mol. The highest BCUT2D eigenvalue weighted by Crippen LogP contribution is 2.16. The molecule has 0 saturated carbocycles. The molecule has 0 spiro atoms. The Morgan fingerprint density at radius 3 is 3.12 bits per heavy atom. The van der Waals surface area contributed by atoms with Gasteiger partial charge in [-0.15, -0.1) is 11.7 Å². The molecule has 1 N–H and O–H groups in total. The second kappa shape index (κ2) is 3.78. The Morgan fingerprint density at radius 1 is 1.41 bits per heavy atom. The standard InChI is InChI=1S/C10H8N6O/c1-2-3-8-11-4-6-9(13-8)14-10(12-6)7-5-17-16-15-7/h2,4-5H,1,3H2,(H,11,12,13,14). The fourth-order valence-corrected chi connectivity index (χ4v) is 1.46. The van der Waals surface area contributed by atoms with Crippen molar-refractivity contribution < 1.29 is 4.52 Å². The highest BCUT2D eigenvalue weighted by Gasteiger charge is 2.10. The normalized spacial score (nSPS) is 10.8. The summed E-state index contributed by atoms with van der Waals surface area (Å²) in [5.41, 5.74) is 1.87. The van der Waals surface area contributed by atoms with Gasteiger partial charge in [-0.05, 0) is 0 Å². The van der Waals surface area contributed by atoms with Crippen molar-refractivity contribution in [2.75, 3.05) is 0 Å². The summed E-state index contributed by atoms with van der Waals surface area (Å²) in [6.45, 7) is 3.64. The van der Waals surface area contributed by atoms with E-state index in [0.717, 1.165) is 5.52 Å². The van der Waals surface area contributed by atoms with Crippen LogP contribution >= 0.6 is 0 Å². The van der Waals surface area contributed by atoms with Crippen LogP contribution in [0.1, 0.15) is 5.82 Å². The monoisotopic (exact) mass is 228 g/mol. The molecule has 0 amide bonds. The first kappa shape index (κ1) is 9.64. The molecule has 3 rings (SSSR count). The van der Waals surface area contributed by atoms with Crippen molar-refractivity contribution in [3.05, 3.63) is 30.9 Å².